The Balaban J connectivity index is 1.38. The van der Waals surface area contributed by atoms with Gasteiger partial charge in [0, 0.05) is 44.0 Å². The lowest BCUT2D eigenvalue weighted by Crippen LogP contribution is -2.49. The van der Waals surface area contributed by atoms with Crippen LogP contribution in [-0.4, -0.2) is 40.4 Å². The first-order valence-electron chi connectivity index (χ1n) is 10.4. The molecule has 2 aliphatic heterocycles. The molecule has 5 rings (SSSR count). The molecule has 0 radical (unpaired) electrons. The molecule has 0 aliphatic carbocycles. The second-order valence-corrected chi connectivity index (χ2v) is 8.46. The number of fused-ring (bicyclic) bond motifs is 1. The molecular weight excluding hydrogens is 360 g/mol. The number of aromatic nitrogens is 2. The molecule has 5 nitrogen and oxygen atoms in total. The Kier molecular flexibility index (Phi) is 4.46. The van der Waals surface area contributed by atoms with Gasteiger partial charge in [0.1, 0.15) is 5.82 Å². The summed E-state index contributed by atoms with van der Waals surface area (Å²) in [5.41, 5.74) is 3.08. The van der Waals surface area contributed by atoms with Crippen LogP contribution in [0.2, 0.25) is 0 Å². The molecule has 0 N–H and O–H groups in total. The number of pyridine rings is 2. The summed E-state index contributed by atoms with van der Waals surface area (Å²) in [7, 11) is 0. The van der Waals surface area contributed by atoms with Crippen LogP contribution in [0.15, 0.2) is 54.9 Å². The first-order valence-corrected chi connectivity index (χ1v) is 10.4. The van der Waals surface area contributed by atoms with E-state index in [0.717, 1.165) is 55.8 Å². The van der Waals surface area contributed by atoms with Gasteiger partial charge in [-0.15, -0.1) is 0 Å². The van der Waals surface area contributed by atoms with Crippen LogP contribution in [0.3, 0.4) is 0 Å². The number of aryl methyl sites for hydroxylation is 1. The number of benzene rings is 1. The molecule has 1 amide bonds. The van der Waals surface area contributed by atoms with Gasteiger partial charge >= 0.3 is 0 Å². The number of rotatable bonds is 3. The smallest absolute Gasteiger partial charge is 0.230 e. The summed E-state index contributed by atoms with van der Waals surface area (Å²) in [6.45, 7) is 5.28. The van der Waals surface area contributed by atoms with Crippen LogP contribution >= 0.6 is 0 Å². The van der Waals surface area contributed by atoms with Crippen LogP contribution in [0.5, 0.6) is 0 Å². The summed E-state index contributed by atoms with van der Waals surface area (Å²) < 4.78 is 0. The standard InChI is InChI=1S/C24H26N4O/c1-18-14-22(26-21-8-3-2-7-20(18)21)28-13-10-24(17-28)9-5-12-27(23(24)29)16-19-6-4-11-25-15-19/h2-4,6-8,11,14-15H,5,9-10,12-13,16-17H2,1H3/t24-/m1/s1. The van der Waals surface area contributed by atoms with Crippen molar-refractivity contribution in [1.82, 2.24) is 14.9 Å². The van der Waals surface area contributed by atoms with Gasteiger partial charge in [0.05, 0.1) is 10.9 Å². The summed E-state index contributed by atoms with van der Waals surface area (Å²) in [6.07, 6.45) is 6.57. The Bertz CT molecular complexity index is 1050. The summed E-state index contributed by atoms with van der Waals surface area (Å²) in [5, 5.41) is 1.20. The van der Waals surface area contributed by atoms with Crippen LogP contribution < -0.4 is 4.90 Å². The van der Waals surface area contributed by atoms with Crippen LogP contribution in [0.1, 0.15) is 30.4 Å². The molecule has 2 saturated heterocycles. The van der Waals surface area contributed by atoms with Gasteiger partial charge in [-0.3, -0.25) is 9.78 Å². The molecule has 1 spiro atoms. The minimum absolute atomic E-state index is 0.276. The van der Waals surface area contributed by atoms with E-state index >= 15 is 0 Å². The highest BCUT2D eigenvalue weighted by molar-refractivity contribution is 5.86. The fourth-order valence-corrected chi connectivity index (χ4v) is 4.96. The third-order valence-corrected chi connectivity index (χ3v) is 6.51. The molecule has 1 atom stereocenters. The second kappa shape index (κ2) is 7.14. The van der Waals surface area contributed by atoms with Crippen LogP contribution in [0.25, 0.3) is 10.9 Å². The van der Waals surface area contributed by atoms with Crippen molar-refractivity contribution in [3.8, 4) is 0 Å². The monoisotopic (exact) mass is 386 g/mol. The predicted octanol–water partition coefficient (Wildman–Crippen LogP) is 3.96. The van der Waals surface area contributed by atoms with Gasteiger partial charge in [-0.2, -0.15) is 0 Å². The number of carbonyl (C=O) groups is 1. The first-order chi connectivity index (χ1) is 14.1. The normalized spacial score (nSPS) is 22.0. The van der Waals surface area contributed by atoms with Gasteiger partial charge in [-0.25, -0.2) is 4.98 Å². The van der Waals surface area contributed by atoms with E-state index < -0.39 is 0 Å². The van der Waals surface area contributed by atoms with Gasteiger partial charge in [-0.05, 0) is 55.5 Å². The molecular formula is C24H26N4O. The number of nitrogens with zero attached hydrogens (tertiary/aromatic N) is 4. The Labute approximate surface area is 171 Å². The predicted molar refractivity (Wildman–Crippen MR) is 115 cm³/mol. The molecule has 2 fully saturated rings. The minimum atomic E-state index is -0.276. The van der Waals surface area contributed by atoms with Gasteiger partial charge < -0.3 is 9.80 Å². The molecule has 3 aromatic rings. The van der Waals surface area contributed by atoms with Gasteiger partial charge in [0.15, 0.2) is 0 Å². The van der Waals surface area contributed by atoms with E-state index in [0.29, 0.717) is 12.5 Å². The van der Waals surface area contributed by atoms with Gasteiger partial charge in [0.2, 0.25) is 5.91 Å². The van der Waals surface area contributed by atoms with Crippen molar-refractivity contribution in [2.75, 3.05) is 24.5 Å². The number of anilines is 1. The lowest BCUT2D eigenvalue weighted by molar-refractivity contribution is -0.145. The van der Waals surface area contributed by atoms with Crippen LogP contribution in [0, 0.1) is 12.3 Å². The van der Waals surface area contributed by atoms with E-state index in [9.17, 15) is 4.79 Å². The van der Waals surface area contributed by atoms with E-state index in [1.807, 2.05) is 29.3 Å². The first kappa shape index (κ1) is 18.1. The van der Waals surface area contributed by atoms with E-state index in [1.54, 1.807) is 6.20 Å². The molecule has 0 saturated carbocycles. The lowest BCUT2D eigenvalue weighted by Gasteiger charge is -2.39. The second-order valence-electron chi connectivity index (χ2n) is 8.46. The van der Waals surface area contributed by atoms with Crippen molar-refractivity contribution in [1.29, 1.82) is 0 Å². The Morgan fingerprint density at radius 3 is 2.86 bits per heavy atom. The number of likely N-dealkylation sites (tertiary alicyclic amines) is 1. The number of amides is 1. The highest BCUT2D eigenvalue weighted by Gasteiger charge is 2.48. The zero-order chi connectivity index (χ0) is 19.8. The van der Waals surface area contributed by atoms with E-state index in [-0.39, 0.29) is 5.41 Å². The Morgan fingerprint density at radius 2 is 2.00 bits per heavy atom. The quantitative estimate of drug-likeness (QED) is 0.684. The lowest BCUT2D eigenvalue weighted by atomic mass is 9.78. The molecule has 4 heterocycles. The van der Waals surface area contributed by atoms with Crippen molar-refractivity contribution < 1.29 is 4.79 Å². The molecule has 29 heavy (non-hydrogen) atoms. The number of hydrogen-bond donors (Lipinski definition) is 0. The highest BCUT2D eigenvalue weighted by atomic mass is 16.2. The minimum Gasteiger partial charge on any atom is -0.355 e. The fourth-order valence-electron chi connectivity index (χ4n) is 4.96. The van der Waals surface area contributed by atoms with Crippen molar-refractivity contribution >= 4 is 22.6 Å². The Hall–Kier alpha value is -2.95. The van der Waals surface area contributed by atoms with Crippen LogP contribution in [-0.2, 0) is 11.3 Å². The van der Waals surface area contributed by atoms with Gasteiger partial charge in [0.25, 0.3) is 0 Å². The van der Waals surface area contributed by atoms with Crippen molar-refractivity contribution in [2.45, 2.75) is 32.7 Å². The summed E-state index contributed by atoms with van der Waals surface area (Å²) in [4.78, 5) is 26.9. The molecule has 0 bridgehead atoms. The maximum absolute atomic E-state index is 13.5. The molecule has 0 unspecified atom stereocenters. The molecule has 5 heteroatoms. The SMILES string of the molecule is Cc1cc(N2CC[C@]3(CCCN(Cc4cccnc4)C3=O)C2)nc2ccccc12. The summed E-state index contributed by atoms with van der Waals surface area (Å²) >= 11 is 0. The average Bonchev–Trinajstić information content (AvgIpc) is 3.17. The topological polar surface area (TPSA) is 49.3 Å². The number of para-hydroxylation sites is 1. The molecule has 2 aromatic heterocycles. The largest absolute Gasteiger partial charge is 0.355 e. The molecule has 1 aromatic carbocycles. The molecule has 148 valence electrons. The maximum Gasteiger partial charge on any atom is 0.230 e. The highest BCUT2D eigenvalue weighted by Crippen LogP contribution is 2.42. The summed E-state index contributed by atoms with van der Waals surface area (Å²) in [5.74, 6) is 1.29. The van der Waals surface area contributed by atoms with E-state index in [4.69, 9.17) is 4.98 Å². The number of hydrogen-bond acceptors (Lipinski definition) is 4. The van der Waals surface area contributed by atoms with Crippen molar-refractivity contribution in [3.63, 3.8) is 0 Å². The van der Waals surface area contributed by atoms with E-state index in [1.165, 1.54) is 10.9 Å². The van der Waals surface area contributed by atoms with Crippen LogP contribution in [0.4, 0.5) is 5.82 Å². The van der Waals surface area contributed by atoms with Gasteiger partial charge in [-0.1, -0.05) is 24.3 Å². The third-order valence-electron chi connectivity index (χ3n) is 6.51. The zero-order valence-electron chi connectivity index (χ0n) is 16.8. The molecule has 2 aliphatic rings. The van der Waals surface area contributed by atoms with E-state index in [2.05, 4.69) is 41.1 Å². The Morgan fingerprint density at radius 1 is 1.10 bits per heavy atom. The van der Waals surface area contributed by atoms with Crippen molar-refractivity contribution in [2.24, 2.45) is 5.41 Å². The summed E-state index contributed by atoms with van der Waals surface area (Å²) in [6, 6.07) is 14.4. The fraction of sp³-hybridized carbons (Fsp3) is 0.375. The average molecular weight is 386 g/mol. The maximum atomic E-state index is 13.5. The third kappa shape index (κ3) is 3.24. The number of piperidine rings is 1. The van der Waals surface area contributed by atoms with Crippen molar-refractivity contribution in [3.05, 3.63) is 66.0 Å². The zero-order valence-corrected chi connectivity index (χ0v) is 16.8. The number of carbonyl (C=O) groups excluding carboxylic acids is 1.